The highest BCUT2D eigenvalue weighted by molar-refractivity contribution is 6.30. The molecule has 1 aromatic heterocycles. The number of ether oxygens (including phenoxy) is 1. The molecule has 0 aliphatic rings. The summed E-state index contributed by atoms with van der Waals surface area (Å²) in [6.45, 7) is 4.23. The quantitative estimate of drug-likeness (QED) is 0.361. The van der Waals surface area contributed by atoms with Crippen molar-refractivity contribution >= 4 is 29.1 Å². The number of alkyl halides is 3. The topological polar surface area (TPSA) is 79.3 Å². The fourth-order valence-electron chi connectivity index (χ4n) is 3.11. The van der Waals surface area contributed by atoms with E-state index in [-0.39, 0.29) is 18.3 Å². The third kappa shape index (κ3) is 6.48. The van der Waals surface area contributed by atoms with Crippen LogP contribution in [0.1, 0.15) is 17.5 Å². The molecule has 170 valence electrons. The highest BCUT2D eigenvalue weighted by atomic mass is 35.5. The first-order chi connectivity index (χ1) is 15.1. The van der Waals surface area contributed by atoms with Gasteiger partial charge in [0, 0.05) is 35.5 Å². The summed E-state index contributed by atoms with van der Waals surface area (Å²) >= 11 is 6.11. The van der Waals surface area contributed by atoms with E-state index in [1.54, 1.807) is 12.1 Å². The average Bonchev–Trinajstić information content (AvgIpc) is 2.70. The second-order valence-electron chi connectivity index (χ2n) is 7.08. The molecule has 0 radical (unpaired) electrons. The summed E-state index contributed by atoms with van der Waals surface area (Å²) in [7, 11) is 0. The molecule has 3 rings (SSSR count). The number of nitrogens with zero attached hydrogens (tertiary/aromatic N) is 2. The fourth-order valence-corrected chi connectivity index (χ4v) is 3.43. The normalized spacial score (nSPS) is 11.3. The van der Waals surface area contributed by atoms with Gasteiger partial charge in [-0.3, -0.25) is 0 Å². The van der Waals surface area contributed by atoms with Crippen molar-refractivity contribution in [3.8, 4) is 17.0 Å². The number of benzene rings is 2. The number of hydrogen-bond donors (Lipinski definition) is 3. The minimum absolute atomic E-state index is 0.00219. The monoisotopic (exact) mass is 466 g/mol. The van der Waals surface area contributed by atoms with Crippen LogP contribution in [-0.4, -0.2) is 34.6 Å². The second kappa shape index (κ2) is 10.1. The van der Waals surface area contributed by atoms with Gasteiger partial charge in [0.05, 0.1) is 5.69 Å². The summed E-state index contributed by atoms with van der Waals surface area (Å²) < 4.78 is 41.9. The SMILES string of the molecule is Cc1cc(Cl)cc(C)c1Nc1cc(-c2cccc(OC(F)(F)F)c2)nc(NCCCO)n1. The van der Waals surface area contributed by atoms with Gasteiger partial charge in [0.25, 0.3) is 0 Å². The zero-order chi connectivity index (χ0) is 23.3. The first-order valence-corrected chi connectivity index (χ1v) is 10.2. The zero-order valence-corrected chi connectivity index (χ0v) is 18.2. The van der Waals surface area contributed by atoms with E-state index in [1.165, 1.54) is 18.2 Å². The minimum Gasteiger partial charge on any atom is -0.406 e. The molecule has 0 amide bonds. The van der Waals surface area contributed by atoms with Crippen LogP contribution in [0.4, 0.5) is 30.6 Å². The number of aromatic nitrogens is 2. The fraction of sp³-hybridized carbons (Fsp3) is 0.273. The summed E-state index contributed by atoms with van der Waals surface area (Å²) in [5.41, 5.74) is 3.45. The van der Waals surface area contributed by atoms with E-state index in [1.807, 2.05) is 26.0 Å². The Kier molecular flexibility index (Phi) is 7.42. The Bertz CT molecular complexity index is 1070. The zero-order valence-electron chi connectivity index (χ0n) is 17.4. The van der Waals surface area contributed by atoms with Crippen LogP contribution in [0.3, 0.4) is 0 Å². The van der Waals surface area contributed by atoms with Crippen LogP contribution in [-0.2, 0) is 0 Å². The van der Waals surface area contributed by atoms with Crippen LogP contribution in [0.25, 0.3) is 11.3 Å². The predicted molar refractivity (Wildman–Crippen MR) is 119 cm³/mol. The Hall–Kier alpha value is -3.04. The summed E-state index contributed by atoms with van der Waals surface area (Å²) in [5, 5.41) is 15.9. The first-order valence-electron chi connectivity index (χ1n) is 9.78. The van der Waals surface area contributed by atoms with Crippen molar-refractivity contribution in [1.29, 1.82) is 0 Å². The largest absolute Gasteiger partial charge is 0.573 e. The molecular formula is C22H22ClF3N4O2. The van der Waals surface area contributed by atoms with E-state index in [0.29, 0.717) is 35.1 Å². The van der Waals surface area contributed by atoms with Gasteiger partial charge in [-0.05, 0) is 55.7 Å². The van der Waals surface area contributed by atoms with Gasteiger partial charge in [-0.25, -0.2) is 4.98 Å². The Balaban J connectivity index is 1.99. The lowest BCUT2D eigenvalue weighted by Gasteiger charge is -2.15. The van der Waals surface area contributed by atoms with Crippen LogP contribution < -0.4 is 15.4 Å². The lowest BCUT2D eigenvalue weighted by Crippen LogP contribution is -2.17. The first kappa shape index (κ1) is 23.6. The molecule has 32 heavy (non-hydrogen) atoms. The summed E-state index contributed by atoms with van der Waals surface area (Å²) in [4.78, 5) is 8.87. The molecule has 3 N–H and O–H groups in total. The lowest BCUT2D eigenvalue weighted by molar-refractivity contribution is -0.274. The van der Waals surface area contributed by atoms with Crippen molar-refractivity contribution in [2.45, 2.75) is 26.6 Å². The molecule has 0 spiro atoms. The maximum atomic E-state index is 12.6. The third-order valence-electron chi connectivity index (χ3n) is 4.46. The van der Waals surface area contributed by atoms with E-state index < -0.39 is 6.36 Å². The maximum absolute atomic E-state index is 12.6. The number of anilines is 3. The number of aryl methyl sites for hydroxylation is 2. The van der Waals surface area contributed by atoms with Gasteiger partial charge in [-0.1, -0.05) is 23.7 Å². The Labute approximate surface area is 188 Å². The molecule has 0 bridgehead atoms. The van der Waals surface area contributed by atoms with E-state index >= 15 is 0 Å². The molecular weight excluding hydrogens is 445 g/mol. The molecule has 6 nitrogen and oxygen atoms in total. The Morgan fingerprint density at radius 3 is 2.44 bits per heavy atom. The van der Waals surface area contributed by atoms with Crippen molar-refractivity contribution in [1.82, 2.24) is 9.97 Å². The third-order valence-corrected chi connectivity index (χ3v) is 4.68. The minimum atomic E-state index is -4.79. The van der Waals surface area contributed by atoms with Gasteiger partial charge in [-0.15, -0.1) is 13.2 Å². The average molecular weight is 467 g/mol. The number of hydrogen-bond acceptors (Lipinski definition) is 6. The van der Waals surface area contributed by atoms with Gasteiger partial charge in [0.15, 0.2) is 0 Å². The van der Waals surface area contributed by atoms with Crippen LogP contribution in [0.2, 0.25) is 5.02 Å². The standard InChI is InChI=1S/C22H22ClF3N4O2/c1-13-9-16(23)10-14(2)20(13)29-19-12-18(28-21(30-19)27-7-4-8-31)15-5-3-6-17(11-15)32-22(24,25)26/h3,5-6,9-12,31H,4,7-8H2,1-2H3,(H2,27,28,29,30). The highest BCUT2D eigenvalue weighted by Crippen LogP contribution is 2.31. The molecule has 0 aliphatic heterocycles. The molecule has 0 saturated carbocycles. The van der Waals surface area contributed by atoms with E-state index in [9.17, 15) is 13.2 Å². The van der Waals surface area contributed by atoms with Crippen molar-refractivity contribution in [3.05, 3.63) is 58.6 Å². The van der Waals surface area contributed by atoms with Gasteiger partial charge >= 0.3 is 6.36 Å². The number of rotatable bonds is 8. The van der Waals surface area contributed by atoms with Gasteiger partial charge in [0.1, 0.15) is 11.6 Å². The van der Waals surface area contributed by atoms with Crippen LogP contribution in [0, 0.1) is 13.8 Å². The molecule has 0 aliphatic carbocycles. The number of nitrogens with one attached hydrogen (secondary N) is 2. The van der Waals surface area contributed by atoms with Gasteiger partial charge in [0.2, 0.25) is 5.95 Å². The van der Waals surface area contributed by atoms with E-state index in [2.05, 4.69) is 25.3 Å². The molecule has 0 fully saturated rings. The lowest BCUT2D eigenvalue weighted by atomic mass is 10.1. The molecule has 0 atom stereocenters. The predicted octanol–water partition coefficient (Wildman–Crippen LogP) is 5.85. The molecule has 0 saturated heterocycles. The van der Waals surface area contributed by atoms with E-state index in [4.69, 9.17) is 16.7 Å². The Morgan fingerprint density at radius 1 is 1.06 bits per heavy atom. The van der Waals surface area contributed by atoms with Crippen LogP contribution >= 0.6 is 11.6 Å². The Morgan fingerprint density at radius 2 is 1.78 bits per heavy atom. The van der Waals surface area contributed by atoms with Crippen LogP contribution in [0.15, 0.2) is 42.5 Å². The van der Waals surface area contributed by atoms with Crippen molar-refractivity contribution < 1.29 is 23.0 Å². The molecule has 1 heterocycles. The summed E-state index contributed by atoms with van der Waals surface area (Å²) in [5.74, 6) is 0.365. The van der Waals surface area contributed by atoms with Crippen molar-refractivity contribution in [2.75, 3.05) is 23.8 Å². The second-order valence-corrected chi connectivity index (χ2v) is 7.52. The number of aliphatic hydroxyl groups excluding tert-OH is 1. The molecule has 2 aromatic carbocycles. The van der Waals surface area contributed by atoms with Gasteiger partial charge in [-0.2, -0.15) is 4.98 Å². The van der Waals surface area contributed by atoms with Crippen LogP contribution in [0.5, 0.6) is 5.75 Å². The van der Waals surface area contributed by atoms with E-state index in [0.717, 1.165) is 16.8 Å². The highest BCUT2D eigenvalue weighted by Gasteiger charge is 2.31. The van der Waals surface area contributed by atoms with Crippen molar-refractivity contribution in [3.63, 3.8) is 0 Å². The molecule has 10 heteroatoms. The maximum Gasteiger partial charge on any atom is 0.573 e. The molecule has 3 aromatic rings. The van der Waals surface area contributed by atoms with Gasteiger partial charge < -0.3 is 20.5 Å². The summed E-state index contributed by atoms with van der Waals surface area (Å²) in [6, 6.07) is 10.8. The number of halogens is 4. The van der Waals surface area contributed by atoms with Crippen molar-refractivity contribution in [2.24, 2.45) is 0 Å². The summed E-state index contributed by atoms with van der Waals surface area (Å²) in [6.07, 6.45) is -4.31. The molecule has 0 unspecified atom stereocenters. The number of aliphatic hydroxyl groups is 1. The smallest absolute Gasteiger partial charge is 0.406 e.